The first-order valence-electron chi connectivity index (χ1n) is 10.2. The quantitative estimate of drug-likeness (QED) is 0.496. The fourth-order valence-corrected chi connectivity index (χ4v) is 5.36. The van der Waals surface area contributed by atoms with Crippen molar-refractivity contribution in [3.8, 4) is 0 Å². The van der Waals surface area contributed by atoms with Crippen LogP contribution in [0.15, 0.2) is 54.0 Å². The standard InChI is InChI=1S/C22H26N4O4S/c1-2-6-17(10-14-27)20-19-9-11-26(31(28,29)18-7-4-3-5-8-18)21(19)24-22(23-20)25-12-15-30-16-13-25/h2-8,14,28-29H,1,9-13,15-16H2. The van der Waals surface area contributed by atoms with Crippen LogP contribution in [0.3, 0.4) is 0 Å². The van der Waals surface area contributed by atoms with Gasteiger partial charge in [-0.1, -0.05) is 47.7 Å². The third kappa shape index (κ3) is 4.22. The number of allylic oxidation sites excluding steroid dienone is 3. The Kier molecular flexibility index (Phi) is 6.38. The molecule has 1 fully saturated rings. The molecule has 0 bridgehead atoms. The summed E-state index contributed by atoms with van der Waals surface area (Å²) in [6, 6.07) is 8.79. The molecule has 9 heteroatoms. The van der Waals surface area contributed by atoms with Crippen molar-refractivity contribution in [1.29, 1.82) is 0 Å². The third-order valence-corrected chi connectivity index (χ3v) is 7.24. The van der Waals surface area contributed by atoms with Crippen LogP contribution < -0.4 is 9.21 Å². The highest BCUT2D eigenvalue weighted by atomic mass is 32.3. The lowest BCUT2D eigenvalue weighted by Gasteiger charge is -2.41. The third-order valence-electron chi connectivity index (χ3n) is 5.36. The second-order valence-electron chi connectivity index (χ2n) is 7.26. The number of carbonyl (C=O) groups excluding carboxylic acids is 1. The number of benzene rings is 1. The molecule has 0 radical (unpaired) electrons. The van der Waals surface area contributed by atoms with Crippen LogP contribution in [0.5, 0.6) is 0 Å². The summed E-state index contributed by atoms with van der Waals surface area (Å²) < 4.78 is 29.3. The Hall–Kier alpha value is -2.72. The van der Waals surface area contributed by atoms with Crippen LogP contribution in [-0.2, 0) is 16.0 Å². The fourth-order valence-electron chi connectivity index (χ4n) is 3.84. The van der Waals surface area contributed by atoms with Crippen molar-refractivity contribution < 1.29 is 18.6 Å². The maximum Gasteiger partial charge on any atom is 0.228 e. The second kappa shape index (κ2) is 9.19. The molecule has 8 nitrogen and oxygen atoms in total. The molecule has 3 heterocycles. The van der Waals surface area contributed by atoms with Crippen molar-refractivity contribution in [2.24, 2.45) is 0 Å². The van der Waals surface area contributed by atoms with Crippen molar-refractivity contribution in [3.63, 3.8) is 0 Å². The van der Waals surface area contributed by atoms with E-state index in [0.717, 1.165) is 17.4 Å². The molecule has 2 aliphatic heterocycles. The van der Waals surface area contributed by atoms with Gasteiger partial charge in [0.2, 0.25) is 5.95 Å². The van der Waals surface area contributed by atoms with Gasteiger partial charge >= 0.3 is 0 Å². The molecule has 2 aromatic rings. The van der Waals surface area contributed by atoms with Crippen LogP contribution in [0.25, 0.3) is 5.57 Å². The van der Waals surface area contributed by atoms with Crippen molar-refractivity contribution in [1.82, 2.24) is 9.97 Å². The molecule has 0 amide bonds. The van der Waals surface area contributed by atoms with E-state index in [2.05, 4.69) is 6.58 Å². The van der Waals surface area contributed by atoms with E-state index in [0.29, 0.717) is 61.6 Å². The zero-order chi connectivity index (χ0) is 21.8. The molecule has 2 N–H and O–H groups in total. The number of ether oxygens (including phenoxy) is 1. The minimum atomic E-state index is -3.28. The van der Waals surface area contributed by atoms with Crippen LogP contribution in [0.2, 0.25) is 0 Å². The van der Waals surface area contributed by atoms with Gasteiger partial charge < -0.3 is 14.4 Å². The SMILES string of the molecule is C=CC=C(CC=O)c1nc(N2CCOCC2)nc2c1CCN2S(O)(O)c1ccccc1. The summed E-state index contributed by atoms with van der Waals surface area (Å²) in [5, 5.41) is 0. The Morgan fingerprint density at radius 1 is 1.16 bits per heavy atom. The largest absolute Gasteiger partial charge is 0.378 e. The maximum atomic E-state index is 11.3. The second-order valence-corrected chi connectivity index (χ2v) is 9.21. The summed E-state index contributed by atoms with van der Waals surface area (Å²) in [6.45, 7) is 6.58. The summed E-state index contributed by atoms with van der Waals surface area (Å²) in [4.78, 5) is 23.3. The van der Waals surface area contributed by atoms with Crippen molar-refractivity contribution >= 4 is 34.4 Å². The molecule has 2 aliphatic rings. The van der Waals surface area contributed by atoms with Crippen LogP contribution in [-0.4, -0.2) is 58.2 Å². The van der Waals surface area contributed by atoms with Gasteiger partial charge in [-0.05, 0) is 24.1 Å². The average Bonchev–Trinajstić information content (AvgIpc) is 3.24. The first-order valence-corrected chi connectivity index (χ1v) is 11.7. The van der Waals surface area contributed by atoms with E-state index in [1.54, 1.807) is 40.7 Å². The summed E-state index contributed by atoms with van der Waals surface area (Å²) >= 11 is 0. The molecular formula is C22H26N4O4S. The fraction of sp³-hybridized carbons (Fsp3) is 0.318. The monoisotopic (exact) mass is 442 g/mol. The van der Waals surface area contributed by atoms with E-state index in [1.807, 2.05) is 11.0 Å². The summed E-state index contributed by atoms with van der Waals surface area (Å²) in [7, 11) is -3.28. The average molecular weight is 443 g/mol. The van der Waals surface area contributed by atoms with Gasteiger partial charge in [-0.2, -0.15) is 4.98 Å². The van der Waals surface area contributed by atoms with Crippen molar-refractivity contribution in [2.75, 3.05) is 42.1 Å². The molecule has 31 heavy (non-hydrogen) atoms. The van der Waals surface area contributed by atoms with Gasteiger partial charge in [0.25, 0.3) is 0 Å². The summed E-state index contributed by atoms with van der Waals surface area (Å²) in [5.74, 6) is 0.990. The number of morpholine rings is 1. The van der Waals surface area contributed by atoms with E-state index in [1.165, 1.54) is 0 Å². The first kappa shape index (κ1) is 21.5. The van der Waals surface area contributed by atoms with Crippen molar-refractivity contribution in [2.45, 2.75) is 17.7 Å². The molecule has 4 rings (SSSR count). The summed E-state index contributed by atoms with van der Waals surface area (Å²) in [5.41, 5.74) is 2.20. The molecular weight excluding hydrogens is 416 g/mol. The predicted molar refractivity (Wildman–Crippen MR) is 123 cm³/mol. The number of hydrogen-bond donors (Lipinski definition) is 2. The number of hydrogen-bond acceptors (Lipinski definition) is 8. The van der Waals surface area contributed by atoms with E-state index in [-0.39, 0.29) is 6.42 Å². The molecule has 0 spiro atoms. The summed E-state index contributed by atoms with van der Waals surface area (Å²) in [6.07, 6.45) is 4.98. The number of aromatic nitrogens is 2. The Balaban J connectivity index is 1.84. The van der Waals surface area contributed by atoms with Gasteiger partial charge in [0.05, 0.1) is 23.8 Å². The molecule has 164 valence electrons. The number of carbonyl (C=O) groups is 1. The number of anilines is 2. The lowest BCUT2D eigenvalue weighted by atomic mass is 10.0. The van der Waals surface area contributed by atoms with Gasteiger partial charge in [0, 0.05) is 31.6 Å². The van der Waals surface area contributed by atoms with Gasteiger partial charge in [-0.15, -0.1) is 0 Å². The van der Waals surface area contributed by atoms with Gasteiger partial charge in [-0.25, -0.2) is 9.29 Å². The highest BCUT2D eigenvalue weighted by molar-refractivity contribution is 8.25. The molecule has 1 saturated heterocycles. The highest BCUT2D eigenvalue weighted by Crippen LogP contribution is 2.56. The van der Waals surface area contributed by atoms with Gasteiger partial charge in [0.15, 0.2) is 5.82 Å². The zero-order valence-electron chi connectivity index (χ0n) is 17.2. The number of fused-ring (bicyclic) bond motifs is 1. The molecule has 0 saturated carbocycles. The van der Waals surface area contributed by atoms with Crippen LogP contribution in [0.4, 0.5) is 11.8 Å². The Bertz CT molecular complexity index is 991. The van der Waals surface area contributed by atoms with Gasteiger partial charge in [-0.3, -0.25) is 9.11 Å². The molecule has 0 atom stereocenters. The van der Waals surface area contributed by atoms with Gasteiger partial charge in [0.1, 0.15) is 6.29 Å². The zero-order valence-corrected chi connectivity index (χ0v) is 18.0. The minimum Gasteiger partial charge on any atom is -0.378 e. The Labute approximate surface area is 183 Å². The lowest BCUT2D eigenvalue weighted by molar-refractivity contribution is -0.107. The van der Waals surface area contributed by atoms with E-state index >= 15 is 0 Å². The lowest BCUT2D eigenvalue weighted by Crippen LogP contribution is -2.38. The Morgan fingerprint density at radius 2 is 1.90 bits per heavy atom. The van der Waals surface area contributed by atoms with Crippen LogP contribution >= 0.6 is 10.8 Å². The topological polar surface area (TPSA) is 99.0 Å². The minimum absolute atomic E-state index is 0.187. The number of nitrogens with zero attached hydrogens (tertiary/aromatic N) is 4. The van der Waals surface area contributed by atoms with E-state index in [4.69, 9.17) is 14.7 Å². The van der Waals surface area contributed by atoms with Crippen LogP contribution in [0.1, 0.15) is 17.7 Å². The van der Waals surface area contributed by atoms with E-state index < -0.39 is 10.8 Å². The number of aldehydes is 1. The molecule has 0 aliphatic carbocycles. The smallest absolute Gasteiger partial charge is 0.228 e. The van der Waals surface area contributed by atoms with Crippen LogP contribution in [0, 0.1) is 0 Å². The van der Waals surface area contributed by atoms with E-state index in [9.17, 15) is 13.9 Å². The first-order chi connectivity index (χ1) is 15.1. The van der Waals surface area contributed by atoms with Crippen molar-refractivity contribution in [3.05, 3.63) is 60.3 Å². The maximum absolute atomic E-state index is 11.3. The highest BCUT2D eigenvalue weighted by Gasteiger charge is 2.36. The predicted octanol–water partition coefficient (Wildman–Crippen LogP) is 3.56. The Morgan fingerprint density at radius 3 is 2.58 bits per heavy atom. The molecule has 1 aromatic carbocycles. The molecule has 0 unspecified atom stereocenters. The normalized spacial score (nSPS) is 17.4. The number of rotatable bonds is 7. The molecule has 1 aromatic heterocycles.